The molecule has 10 aromatic rings. The van der Waals surface area contributed by atoms with Crippen molar-refractivity contribution in [2.45, 2.75) is 66.1 Å². The molecule has 18 nitrogen and oxygen atoms in total. The molecule has 0 fully saturated rings. The quantitative estimate of drug-likeness (QED) is 0.0498. The van der Waals surface area contributed by atoms with Crippen LogP contribution < -0.4 is 20.9 Å². The third-order valence-corrected chi connectivity index (χ3v) is 10.8. The molecule has 0 radical (unpaired) electrons. The van der Waals surface area contributed by atoms with Gasteiger partial charge in [-0.05, 0) is 124 Å². The summed E-state index contributed by atoms with van der Waals surface area (Å²) in [5.74, 6) is 6.30. The molecule has 0 unspecified atom stereocenters. The van der Waals surface area contributed by atoms with Crippen LogP contribution in [0, 0.1) is 0 Å². The van der Waals surface area contributed by atoms with E-state index in [0.717, 1.165) is 44.3 Å². The van der Waals surface area contributed by atoms with Crippen LogP contribution >= 0.6 is 0 Å². The minimum atomic E-state index is 0.105. The molecule has 0 bridgehead atoms. The van der Waals surface area contributed by atoms with Crippen molar-refractivity contribution in [2.24, 2.45) is 21.5 Å². The van der Waals surface area contributed by atoms with Crippen LogP contribution in [0.4, 0.5) is 0 Å². The number of H-pyrrole nitrogens is 2. The van der Waals surface area contributed by atoms with E-state index in [9.17, 15) is 0 Å². The van der Waals surface area contributed by atoms with Gasteiger partial charge >= 0.3 is 0 Å². The number of nitrogens with one attached hydrogen (secondary N) is 2. The summed E-state index contributed by atoms with van der Waals surface area (Å²) in [6.07, 6.45) is 3.68. The second kappa shape index (κ2) is 18.6. The summed E-state index contributed by atoms with van der Waals surface area (Å²) in [7, 11) is 0. The number of fused-ring (bicyclic) bond motifs is 2. The number of imidazole rings is 2. The van der Waals surface area contributed by atoms with Crippen LogP contribution in [0.25, 0.3) is 56.4 Å². The molecule has 0 aliphatic heterocycles. The molecule has 0 spiro atoms. The van der Waals surface area contributed by atoms with Gasteiger partial charge in [-0.25, -0.2) is 19.3 Å². The lowest BCUT2D eigenvalue weighted by atomic mass is 10.1. The summed E-state index contributed by atoms with van der Waals surface area (Å²) in [6.45, 7) is 9.27. The molecule has 6 aromatic heterocycles. The Morgan fingerprint density at radius 3 is 1.41 bits per heavy atom. The lowest BCUT2D eigenvalue weighted by molar-refractivity contribution is 0.301. The lowest BCUT2D eigenvalue weighted by Crippen LogP contribution is -2.15. The molecule has 0 atom stereocenters. The smallest absolute Gasteiger partial charge is 0.174 e. The summed E-state index contributed by atoms with van der Waals surface area (Å²) in [6, 6.07) is 35.1. The van der Waals surface area contributed by atoms with Crippen LogP contribution in [0.3, 0.4) is 0 Å². The molecular weight excluding hydrogens is 861 g/mol. The van der Waals surface area contributed by atoms with Gasteiger partial charge < -0.3 is 39.7 Å². The zero-order valence-corrected chi connectivity index (χ0v) is 37.8. The maximum absolute atomic E-state index is 6.18. The van der Waals surface area contributed by atoms with E-state index in [-0.39, 0.29) is 25.3 Å². The van der Waals surface area contributed by atoms with Crippen molar-refractivity contribution in [3.8, 4) is 45.8 Å². The molecule has 4 aromatic carbocycles. The van der Waals surface area contributed by atoms with Gasteiger partial charge in [-0.3, -0.25) is 9.98 Å². The van der Waals surface area contributed by atoms with Gasteiger partial charge in [0, 0.05) is 23.2 Å². The van der Waals surface area contributed by atoms with Crippen LogP contribution in [0.5, 0.6) is 11.5 Å². The van der Waals surface area contributed by atoms with Crippen LogP contribution in [0.1, 0.15) is 61.7 Å². The minimum Gasteiger partial charge on any atom is -0.487 e. The van der Waals surface area contributed by atoms with Gasteiger partial charge in [0.05, 0.1) is 34.5 Å². The second-order valence-electron chi connectivity index (χ2n) is 16.8. The summed E-state index contributed by atoms with van der Waals surface area (Å²) in [5.41, 5.74) is 20.8. The summed E-state index contributed by atoms with van der Waals surface area (Å²) >= 11 is 0. The molecule has 342 valence electrons. The van der Waals surface area contributed by atoms with Crippen molar-refractivity contribution < 1.29 is 18.3 Å². The first-order valence-corrected chi connectivity index (χ1v) is 22.1. The van der Waals surface area contributed by atoms with Crippen LogP contribution in [0.15, 0.2) is 140 Å². The number of amidine groups is 2. The van der Waals surface area contributed by atoms with Crippen molar-refractivity contribution in [3.05, 3.63) is 156 Å². The van der Waals surface area contributed by atoms with E-state index in [1.54, 1.807) is 9.36 Å². The Morgan fingerprint density at radius 2 is 1.00 bits per heavy atom. The van der Waals surface area contributed by atoms with Gasteiger partial charge in [0.2, 0.25) is 0 Å². The number of furan rings is 2. The fourth-order valence-corrected chi connectivity index (χ4v) is 7.54. The molecule has 0 saturated carbocycles. The van der Waals surface area contributed by atoms with E-state index in [1.165, 1.54) is 0 Å². The van der Waals surface area contributed by atoms with Gasteiger partial charge in [0.25, 0.3) is 0 Å². The van der Waals surface area contributed by atoms with E-state index in [0.29, 0.717) is 82.3 Å². The van der Waals surface area contributed by atoms with Gasteiger partial charge in [0.15, 0.2) is 23.2 Å². The van der Waals surface area contributed by atoms with E-state index in [1.807, 2.05) is 149 Å². The number of hydrogen-bond donors (Lipinski definition) is 4. The van der Waals surface area contributed by atoms with Gasteiger partial charge in [0.1, 0.15) is 72.4 Å². The lowest BCUT2D eigenvalue weighted by Gasteiger charge is -2.08. The van der Waals surface area contributed by atoms with Crippen LogP contribution in [-0.4, -0.2) is 73.7 Å². The Morgan fingerprint density at radius 1 is 0.574 bits per heavy atom. The third-order valence-electron chi connectivity index (χ3n) is 10.8. The van der Waals surface area contributed by atoms with Crippen LogP contribution in [-0.2, 0) is 26.3 Å². The Labute approximate surface area is 389 Å². The number of rotatable bonds is 17. The number of ether oxygens (including phenoxy) is 2. The van der Waals surface area contributed by atoms with Crippen molar-refractivity contribution in [1.29, 1.82) is 0 Å². The largest absolute Gasteiger partial charge is 0.487 e. The number of benzene rings is 4. The summed E-state index contributed by atoms with van der Waals surface area (Å²) in [4.78, 5) is 24.9. The zero-order chi connectivity index (χ0) is 46.7. The SMILES string of the molecule is CC(C)N=C(N)c1ccc2nc(-c3ccc(Cn4cc(COc5ccc(-c6ccc(OCc7cn(Cc8ccc(-c9nc%10ccc(C(N)=NC(C)C)cc%10[nH]9)o8)nn7)cc6)cc5)nn4)o3)[nH]c2c1. The summed E-state index contributed by atoms with van der Waals surface area (Å²) < 4.78 is 27.7. The van der Waals surface area contributed by atoms with E-state index >= 15 is 0 Å². The molecular formula is C50H48N14O4. The Kier molecular flexibility index (Phi) is 11.8. The minimum absolute atomic E-state index is 0.105. The average molecular weight is 909 g/mol. The van der Waals surface area contributed by atoms with Crippen molar-refractivity contribution in [2.75, 3.05) is 0 Å². The van der Waals surface area contributed by atoms with E-state index in [2.05, 4.69) is 40.6 Å². The molecule has 0 amide bonds. The summed E-state index contributed by atoms with van der Waals surface area (Å²) in [5, 5.41) is 17.1. The molecule has 68 heavy (non-hydrogen) atoms. The third kappa shape index (κ3) is 9.88. The fourth-order valence-electron chi connectivity index (χ4n) is 7.54. The molecule has 10 rings (SSSR count). The number of hydrogen-bond acceptors (Lipinski definition) is 12. The van der Waals surface area contributed by atoms with E-state index < -0.39 is 0 Å². The molecule has 6 N–H and O–H groups in total. The number of nitrogens with zero attached hydrogens (tertiary/aromatic N) is 10. The zero-order valence-electron chi connectivity index (χ0n) is 37.8. The first-order chi connectivity index (χ1) is 33.0. The molecule has 6 heterocycles. The highest BCUT2D eigenvalue weighted by Crippen LogP contribution is 2.28. The number of aliphatic imine (C=N–C) groups is 2. The normalized spacial score (nSPS) is 12.3. The predicted octanol–water partition coefficient (Wildman–Crippen LogP) is 8.29. The molecule has 0 aliphatic carbocycles. The highest BCUT2D eigenvalue weighted by molar-refractivity contribution is 6.01. The monoisotopic (exact) mass is 908 g/mol. The molecule has 0 aliphatic rings. The van der Waals surface area contributed by atoms with Crippen molar-refractivity contribution >= 4 is 33.7 Å². The van der Waals surface area contributed by atoms with E-state index in [4.69, 9.17) is 39.7 Å². The fraction of sp³-hybridized carbons (Fsp3) is 0.200. The first kappa shape index (κ1) is 43.1. The first-order valence-electron chi connectivity index (χ1n) is 22.1. The Balaban J connectivity index is 0.679. The van der Waals surface area contributed by atoms with Crippen LogP contribution in [0.2, 0.25) is 0 Å². The number of nitrogens with two attached hydrogens (primary N) is 2. The molecule has 18 heteroatoms. The maximum atomic E-state index is 6.18. The van der Waals surface area contributed by atoms with Gasteiger partial charge in [-0.15, -0.1) is 10.2 Å². The van der Waals surface area contributed by atoms with Gasteiger partial charge in [-0.2, -0.15) is 0 Å². The topological polar surface area (TPSA) is 240 Å². The van der Waals surface area contributed by atoms with Crippen molar-refractivity contribution in [3.63, 3.8) is 0 Å². The number of aromatic amines is 2. The van der Waals surface area contributed by atoms with Gasteiger partial charge in [-0.1, -0.05) is 34.7 Å². The highest BCUT2D eigenvalue weighted by atomic mass is 16.5. The molecule has 0 saturated heterocycles. The average Bonchev–Trinajstić information content (AvgIpc) is 4.20. The number of aromatic nitrogens is 10. The maximum Gasteiger partial charge on any atom is 0.174 e. The highest BCUT2D eigenvalue weighted by Gasteiger charge is 2.15. The standard InChI is InChI=1S/C50H48N14O4/c1-29(2)53-47(51)33-9-17-41-43(21-33)57-49(55-41)45-19-15-39(67-45)25-63-23-35(59-61-63)27-65-37-11-5-31(6-12-37)32-7-13-38(14-8-32)66-28-36-24-64(62-60-36)26-40-16-20-46(68-40)50-56-42-18-10-34(22-44(42)58-50)48(52)54-30(3)4/h5-24,29-30H,25-28H2,1-4H3,(H2,51,53)(H2,52,54)(H,55,57)(H,56,58). The Bertz CT molecular complexity index is 3180. The second-order valence-corrected chi connectivity index (χ2v) is 16.8. The predicted molar refractivity (Wildman–Crippen MR) is 258 cm³/mol. The van der Waals surface area contributed by atoms with Crippen molar-refractivity contribution in [1.82, 2.24) is 49.9 Å². The Hall–Kier alpha value is -8.80.